The SMILES string of the molecule is CCC(C)(CO)CN1CCCC2CCCC21. The predicted molar refractivity (Wildman–Crippen MR) is 67.4 cm³/mol. The molecule has 2 nitrogen and oxygen atoms in total. The van der Waals surface area contributed by atoms with Crippen molar-refractivity contribution < 1.29 is 5.11 Å². The van der Waals surface area contributed by atoms with E-state index >= 15 is 0 Å². The molecule has 0 aromatic heterocycles. The lowest BCUT2D eigenvalue weighted by atomic mass is 9.84. The van der Waals surface area contributed by atoms with E-state index in [0.717, 1.165) is 24.9 Å². The summed E-state index contributed by atoms with van der Waals surface area (Å²) in [5, 5.41) is 9.53. The molecule has 1 heterocycles. The molecule has 0 radical (unpaired) electrons. The van der Waals surface area contributed by atoms with E-state index in [1.807, 2.05) is 0 Å². The minimum absolute atomic E-state index is 0.116. The average molecular weight is 225 g/mol. The zero-order chi connectivity index (χ0) is 11.6. The van der Waals surface area contributed by atoms with E-state index in [4.69, 9.17) is 0 Å². The Morgan fingerprint density at radius 2 is 2.00 bits per heavy atom. The van der Waals surface area contributed by atoms with Crippen LogP contribution in [0.5, 0.6) is 0 Å². The summed E-state index contributed by atoms with van der Waals surface area (Å²) in [7, 11) is 0. The molecule has 0 bridgehead atoms. The summed E-state index contributed by atoms with van der Waals surface area (Å²) in [4.78, 5) is 2.68. The summed E-state index contributed by atoms with van der Waals surface area (Å²) in [6, 6.07) is 0.839. The van der Waals surface area contributed by atoms with Gasteiger partial charge in [0.2, 0.25) is 0 Å². The van der Waals surface area contributed by atoms with Gasteiger partial charge >= 0.3 is 0 Å². The van der Waals surface area contributed by atoms with E-state index in [9.17, 15) is 5.11 Å². The zero-order valence-corrected chi connectivity index (χ0v) is 10.9. The minimum Gasteiger partial charge on any atom is -0.396 e. The van der Waals surface area contributed by atoms with E-state index in [1.165, 1.54) is 38.6 Å². The predicted octanol–water partition coefficient (Wildman–Crippen LogP) is 2.66. The molecular formula is C14H27NO. The van der Waals surface area contributed by atoms with Gasteiger partial charge in [-0.3, -0.25) is 4.90 Å². The van der Waals surface area contributed by atoms with E-state index in [-0.39, 0.29) is 5.41 Å². The van der Waals surface area contributed by atoms with E-state index < -0.39 is 0 Å². The van der Waals surface area contributed by atoms with Crippen molar-refractivity contribution in [1.29, 1.82) is 0 Å². The van der Waals surface area contributed by atoms with Crippen LogP contribution in [0.1, 0.15) is 52.4 Å². The first-order valence-corrected chi connectivity index (χ1v) is 7.03. The Morgan fingerprint density at radius 3 is 2.69 bits per heavy atom. The number of hydrogen-bond acceptors (Lipinski definition) is 2. The van der Waals surface area contributed by atoms with Gasteiger partial charge in [0, 0.05) is 24.6 Å². The summed E-state index contributed by atoms with van der Waals surface area (Å²) in [5.41, 5.74) is 0.116. The van der Waals surface area contributed by atoms with Crippen LogP contribution in [-0.2, 0) is 0 Å². The molecule has 0 aromatic carbocycles. The van der Waals surface area contributed by atoms with Crippen molar-refractivity contribution in [2.24, 2.45) is 11.3 Å². The van der Waals surface area contributed by atoms with Crippen LogP contribution in [0, 0.1) is 11.3 Å². The second kappa shape index (κ2) is 5.05. The number of aliphatic hydroxyl groups is 1. The van der Waals surface area contributed by atoms with Crippen LogP contribution in [0.2, 0.25) is 0 Å². The molecule has 1 aliphatic carbocycles. The van der Waals surface area contributed by atoms with Gasteiger partial charge in [-0.1, -0.05) is 20.3 Å². The molecule has 0 aromatic rings. The molecule has 1 saturated heterocycles. The van der Waals surface area contributed by atoms with Gasteiger partial charge in [-0.25, -0.2) is 0 Å². The van der Waals surface area contributed by atoms with Crippen molar-refractivity contribution in [3.8, 4) is 0 Å². The highest BCUT2D eigenvalue weighted by Gasteiger charge is 2.37. The Hall–Kier alpha value is -0.0800. The van der Waals surface area contributed by atoms with E-state index in [0.29, 0.717) is 6.61 Å². The van der Waals surface area contributed by atoms with Crippen molar-refractivity contribution in [1.82, 2.24) is 4.90 Å². The molecule has 2 aliphatic rings. The molecule has 94 valence electrons. The molecule has 2 heteroatoms. The first-order chi connectivity index (χ1) is 7.68. The zero-order valence-electron chi connectivity index (χ0n) is 10.9. The number of aliphatic hydroxyl groups excluding tert-OH is 1. The van der Waals surface area contributed by atoms with Crippen LogP contribution in [-0.4, -0.2) is 35.7 Å². The second-order valence-corrected chi connectivity index (χ2v) is 6.19. The van der Waals surface area contributed by atoms with Gasteiger partial charge in [0.05, 0.1) is 0 Å². The molecule has 2 fully saturated rings. The molecule has 1 aliphatic heterocycles. The minimum atomic E-state index is 0.116. The van der Waals surface area contributed by atoms with Crippen LogP contribution in [0.4, 0.5) is 0 Å². The molecule has 3 atom stereocenters. The van der Waals surface area contributed by atoms with Crippen LogP contribution in [0.15, 0.2) is 0 Å². The number of fused-ring (bicyclic) bond motifs is 1. The van der Waals surface area contributed by atoms with E-state index in [1.54, 1.807) is 0 Å². The van der Waals surface area contributed by atoms with E-state index in [2.05, 4.69) is 18.7 Å². The van der Waals surface area contributed by atoms with Crippen molar-refractivity contribution >= 4 is 0 Å². The maximum absolute atomic E-state index is 9.53. The van der Waals surface area contributed by atoms with Crippen LogP contribution in [0.25, 0.3) is 0 Å². The quantitative estimate of drug-likeness (QED) is 0.795. The lowest BCUT2D eigenvalue weighted by molar-refractivity contribution is 0.0335. The molecule has 2 rings (SSSR count). The Kier molecular flexibility index (Phi) is 3.91. The highest BCUT2D eigenvalue weighted by molar-refractivity contribution is 4.91. The summed E-state index contributed by atoms with van der Waals surface area (Å²) in [6.45, 7) is 7.12. The molecule has 1 saturated carbocycles. The van der Waals surface area contributed by atoms with Crippen molar-refractivity contribution in [3.05, 3.63) is 0 Å². The largest absolute Gasteiger partial charge is 0.396 e. The third-order valence-corrected chi connectivity index (χ3v) is 4.93. The Bertz CT molecular complexity index is 225. The van der Waals surface area contributed by atoms with Gasteiger partial charge in [0.15, 0.2) is 0 Å². The molecule has 16 heavy (non-hydrogen) atoms. The maximum Gasteiger partial charge on any atom is 0.0496 e. The first kappa shape index (κ1) is 12.4. The summed E-state index contributed by atoms with van der Waals surface area (Å²) < 4.78 is 0. The van der Waals surface area contributed by atoms with Gasteiger partial charge in [-0.15, -0.1) is 0 Å². The smallest absolute Gasteiger partial charge is 0.0496 e. The number of nitrogens with zero attached hydrogens (tertiary/aromatic N) is 1. The summed E-state index contributed by atoms with van der Waals surface area (Å²) in [5.74, 6) is 0.966. The maximum atomic E-state index is 9.53. The Labute approximate surface area is 100 Å². The van der Waals surface area contributed by atoms with Crippen LogP contribution < -0.4 is 0 Å². The fraction of sp³-hybridized carbons (Fsp3) is 1.00. The third kappa shape index (κ3) is 2.43. The standard InChI is InChI=1S/C14H27NO/c1-3-14(2,11-16)10-15-9-5-7-12-6-4-8-13(12)15/h12-13,16H,3-11H2,1-2H3. The van der Waals surface area contributed by atoms with Crippen molar-refractivity contribution in [2.75, 3.05) is 19.7 Å². The third-order valence-electron chi connectivity index (χ3n) is 4.93. The monoisotopic (exact) mass is 225 g/mol. The highest BCUT2D eigenvalue weighted by atomic mass is 16.3. The first-order valence-electron chi connectivity index (χ1n) is 7.03. The summed E-state index contributed by atoms with van der Waals surface area (Å²) in [6.07, 6.45) is 8.17. The number of rotatable bonds is 4. The fourth-order valence-corrected chi connectivity index (χ4v) is 3.52. The lowest BCUT2D eigenvalue weighted by Crippen LogP contribution is -2.48. The van der Waals surface area contributed by atoms with Gasteiger partial charge in [-0.2, -0.15) is 0 Å². The number of likely N-dealkylation sites (tertiary alicyclic amines) is 1. The highest BCUT2D eigenvalue weighted by Crippen LogP contribution is 2.38. The number of hydrogen-bond donors (Lipinski definition) is 1. The molecule has 0 amide bonds. The molecular weight excluding hydrogens is 198 g/mol. The Morgan fingerprint density at radius 1 is 1.25 bits per heavy atom. The van der Waals surface area contributed by atoms with Gasteiger partial charge in [0.25, 0.3) is 0 Å². The fourth-order valence-electron chi connectivity index (χ4n) is 3.52. The molecule has 1 N–H and O–H groups in total. The average Bonchev–Trinajstić information content (AvgIpc) is 2.78. The lowest BCUT2D eigenvalue weighted by Gasteiger charge is -2.42. The topological polar surface area (TPSA) is 23.5 Å². The van der Waals surface area contributed by atoms with Crippen LogP contribution in [0.3, 0.4) is 0 Å². The van der Waals surface area contributed by atoms with Gasteiger partial charge in [0.1, 0.15) is 0 Å². The number of piperidine rings is 1. The van der Waals surface area contributed by atoms with Crippen molar-refractivity contribution in [3.63, 3.8) is 0 Å². The molecule has 3 unspecified atom stereocenters. The second-order valence-electron chi connectivity index (χ2n) is 6.19. The summed E-state index contributed by atoms with van der Waals surface area (Å²) >= 11 is 0. The normalized spacial score (nSPS) is 34.7. The molecule has 0 spiro atoms. The van der Waals surface area contributed by atoms with Crippen molar-refractivity contribution in [2.45, 2.75) is 58.4 Å². The van der Waals surface area contributed by atoms with Gasteiger partial charge in [-0.05, 0) is 44.6 Å². The van der Waals surface area contributed by atoms with Gasteiger partial charge < -0.3 is 5.11 Å². The Balaban J connectivity index is 1.97. The van der Waals surface area contributed by atoms with Crippen LogP contribution >= 0.6 is 0 Å².